The number of nitrogens with zero attached hydrogens (tertiary/aromatic N) is 5. The number of imidazole rings is 1. The van der Waals surface area contributed by atoms with Crippen molar-refractivity contribution in [3.8, 4) is 0 Å². The van der Waals surface area contributed by atoms with Gasteiger partial charge in [-0.2, -0.15) is 0 Å². The summed E-state index contributed by atoms with van der Waals surface area (Å²) >= 11 is 0. The zero-order valence-electron chi connectivity index (χ0n) is 17.2. The minimum Gasteiger partial charge on any atom is -0.340 e. The molecule has 1 unspecified atom stereocenters. The lowest BCUT2D eigenvalue weighted by molar-refractivity contribution is -0.136. The normalized spacial score (nSPS) is 16.8. The van der Waals surface area contributed by atoms with Crippen molar-refractivity contribution in [2.45, 2.75) is 26.1 Å². The molecule has 0 radical (unpaired) electrons. The zero-order chi connectivity index (χ0) is 20.2. The van der Waals surface area contributed by atoms with Gasteiger partial charge in [0, 0.05) is 58.7 Å². The van der Waals surface area contributed by atoms with E-state index in [1.165, 1.54) is 0 Å². The largest absolute Gasteiger partial charge is 0.340 e. The lowest BCUT2D eigenvalue weighted by Crippen LogP contribution is -2.53. The van der Waals surface area contributed by atoms with E-state index in [1.54, 1.807) is 0 Å². The first-order valence-electron chi connectivity index (χ1n) is 10.3. The Bertz CT molecular complexity index is 913. The molecular weight excluding hydrogens is 362 g/mol. The number of carbonyl (C=O) groups excluding carboxylic acids is 1. The average molecular weight is 392 g/mol. The van der Waals surface area contributed by atoms with Crippen LogP contribution in [-0.2, 0) is 17.9 Å². The van der Waals surface area contributed by atoms with Gasteiger partial charge >= 0.3 is 0 Å². The number of carbonyl (C=O) groups is 1. The van der Waals surface area contributed by atoms with Gasteiger partial charge in [0.1, 0.15) is 5.65 Å². The molecule has 1 saturated heterocycles. The molecule has 1 amide bonds. The molecule has 0 N–H and O–H groups in total. The van der Waals surface area contributed by atoms with Crippen molar-refractivity contribution in [1.29, 1.82) is 0 Å². The highest BCUT2D eigenvalue weighted by atomic mass is 16.2. The van der Waals surface area contributed by atoms with E-state index in [4.69, 9.17) is 4.98 Å². The van der Waals surface area contributed by atoms with Gasteiger partial charge in [-0.3, -0.25) is 14.6 Å². The third kappa shape index (κ3) is 4.66. The second-order valence-electron chi connectivity index (χ2n) is 7.87. The quantitative estimate of drug-likeness (QED) is 0.648. The van der Waals surface area contributed by atoms with Crippen LogP contribution < -0.4 is 0 Å². The molecule has 3 aromatic rings. The van der Waals surface area contributed by atoms with E-state index < -0.39 is 0 Å². The minimum atomic E-state index is -0.0962. The van der Waals surface area contributed by atoms with Crippen molar-refractivity contribution >= 4 is 11.6 Å². The summed E-state index contributed by atoms with van der Waals surface area (Å²) in [5, 5.41) is 0. The predicted molar refractivity (Wildman–Crippen MR) is 114 cm³/mol. The highest BCUT2D eigenvalue weighted by molar-refractivity contribution is 5.81. The van der Waals surface area contributed by atoms with Gasteiger partial charge < -0.3 is 9.30 Å². The Morgan fingerprint density at radius 2 is 1.79 bits per heavy atom. The summed E-state index contributed by atoms with van der Waals surface area (Å²) in [5.41, 5.74) is 3.24. The molecule has 29 heavy (non-hydrogen) atoms. The van der Waals surface area contributed by atoms with Gasteiger partial charge in [-0.15, -0.1) is 0 Å². The molecule has 0 bridgehead atoms. The molecule has 4 rings (SSSR count). The Kier molecular flexibility index (Phi) is 5.92. The number of amides is 1. The van der Waals surface area contributed by atoms with Crippen LogP contribution in [-0.4, -0.2) is 69.3 Å². The Morgan fingerprint density at radius 3 is 2.52 bits per heavy atom. The molecule has 2 aromatic heterocycles. The van der Waals surface area contributed by atoms with Gasteiger partial charge in [-0.25, -0.2) is 4.98 Å². The second-order valence-corrected chi connectivity index (χ2v) is 7.87. The van der Waals surface area contributed by atoms with Crippen LogP contribution in [0, 0.1) is 0 Å². The molecule has 3 heterocycles. The minimum absolute atomic E-state index is 0.0962. The number of hydrogen-bond donors (Lipinski definition) is 0. The Balaban J connectivity index is 1.28. The standard InChI is InChI=1S/C23H29N5O/c1-19(23(29)25(2)16-20-8-4-3-5-9-20)27-14-12-26(13-15-27)17-21-18-28-11-7-6-10-22(28)24-21/h3-11,18-19H,12-17H2,1-2H3. The Morgan fingerprint density at radius 1 is 1.07 bits per heavy atom. The summed E-state index contributed by atoms with van der Waals surface area (Å²) < 4.78 is 2.06. The summed E-state index contributed by atoms with van der Waals surface area (Å²) in [7, 11) is 1.89. The van der Waals surface area contributed by atoms with Crippen molar-refractivity contribution < 1.29 is 4.79 Å². The SMILES string of the molecule is CC(C(=O)N(C)Cc1ccccc1)N1CCN(Cc2cn3ccccc3n2)CC1. The molecule has 1 aliphatic rings. The van der Waals surface area contributed by atoms with Crippen molar-refractivity contribution in [1.82, 2.24) is 24.1 Å². The Labute approximate surface area is 172 Å². The zero-order valence-corrected chi connectivity index (χ0v) is 17.2. The molecule has 0 aliphatic carbocycles. The third-order valence-corrected chi connectivity index (χ3v) is 5.75. The molecule has 6 heteroatoms. The second kappa shape index (κ2) is 8.76. The van der Waals surface area contributed by atoms with E-state index in [-0.39, 0.29) is 11.9 Å². The first-order valence-corrected chi connectivity index (χ1v) is 10.3. The summed E-state index contributed by atoms with van der Waals surface area (Å²) in [6, 6.07) is 16.1. The summed E-state index contributed by atoms with van der Waals surface area (Å²) in [6.45, 7) is 7.24. The Hall–Kier alpha value is -2.70. The van der Waals surface area contributed by atoms with E-state index in [1.807, 2.05) is 61.5 Å². The van der Waals surface area contributed by atoms with Crippen LogP contribution in [0.2, 0.25) is 0 Å². The van der Waals surface area contributed by atoms with Crippen LogP contribution in [0.5, 0.6) is 0 Å². The maximum Gasteiger partial charge on any atom is 0.239 e. The van der Waals surface area contributed by atoms with E-state index in [0.717, 1.165) is 49.6 Å². The number of likely N-dealkylation sites (N-methyl/N-ethyl adjacent to an activating group) is 1. The number of rotatable bonds is 6. The number of pyridine rings is 1. The van der Waals surface area contributed by atoms with Crippen molar-refractivity contribution in [3.63, 3.8) is 0 Å². The fourth-order valence-electron chi connectivity index (χ4n) is 4.01. The van der Waals surface area contributed by atoms with Crippen LogP contribution in [0.15, 0.2) is 60.9 Å². The third-order valence-electron chi connectivity index (χ3n) is 5.75. The summed E-state index contributed by atoms with van der Waals surface area (Å²) in [6.07, 6.45) is 4.13. The lowest BCUT2D eigenvalue weighted by Gasteiger charge is -2.38. The van der Waals surface area contributed by atoms with E-state index in [0.29, 0.717) is 6.54 Å². The fraction of sp³-hybridized carbons (Fsp3) is 0.391. The van der Waals surface area contributed by atoms with Crippen molar-refractivity contribution in [2.75, 3.05) is 33.2 Å². The van der Waals surface area contributed by atoms with Gasteiger partial charge in [0.2, 0.25) is 5.91 Å². The van der Waals surface area contributed by atoms with Gasteiger partial charge in [0.05, 0.1) is 11.7 Å². The van der Waals surface area contributed by atoms with Gasteiger partial charge in [-0.05, 0) is 24.6 Å². The van der Waals surface area contributed by atoms with Crippen LogP contribution >= 0.6 is 0 Å². The average Bonchev–Trinajstić information content (AvgIpc) is 3.16. The maximum atomic E-state index is 12.9. The van der Waals surface area contributed by atoms with Gasteiger partial charge in [0.15, 0.2) is 0 Å². The van der Waals surface area contributed by atoms with E-state index in [2.05, 4.69) is 32.5 Å². The monoisotopic (exact) mass is 391 g/mol. The van der Waals surface area contributed by atoms with E-state index >= 15 is 0 Å². The summed E-state index contributed by atoms with van der Waals surface area (Å²) in [4.78, 5) is 24.1. The van der Waals surface area contributed by atoms with E-state index in [9.17, 15) is 4.79 Å². The van der Waals surface area contributed by atoms with Gasteiger partial charge in [0.25, 0.3) is 0 Å². The number of piperazine rings is 1. The molecule has 1 atom stereocenters. The van der Waals surface area contributed by atoms with Gasteiger partial charge in [-0.1, -0.05) is 36.4 Å². The van der Waals surface area contributed by atoms with Crippen molar-refractivity contribution in [2.24, 2.45) is 0 Å². The fourth-order valence-corrected chi connectivity index (χ4v) is 4.01. The first kappa shape index (κ1) is 19.6. The predicted octanol–water partition coefficient (Wildman–Crippen LogP) is 2.50. The highest BCUT2D eigenvalue weighted by Crippen LogP contribution is 2.13. The molecular formula is C23H29N5O. The molecule has 152 valence electrons. The van der Waals surface area contributed by atoms with Crippen molar-refractivity contribution in [3.05, 3.63) is 72.2 Å². The van der Waals surface area contributed by atoms with Crippen LogP contribution in [0.3, 0.4) is 0 Å². The molecule has 6 nitrogen and oxygen atoms in total. The first-order chi connectivity index (χ1) is 14.1. The molecule has 0 spiro atoms. The number of hydrogen-bond acceptors (Lipinski definition) is 4. The smallest absolute Gasteiger partial charge is 0.239 e. The lowest BCUT2D eigenvalue weighted by atomic mass is 10.1. The topological polar surface area (TPSA) is 44.1 Å². The molecule has 0 saturated carbocycles. The summed E-state index contributed by atoms with van der Waals surface area (Å²) in [5.74, 6) is 0.183. The van der Waals surface area contributed by atoms with Crippen LogP contribution in [0.1, 0.15) is 18.2 Å². The molecule has 1 aliphatic heterocycles. The van der Waals surface area contributed by atoms with Crippen LogP contribution in [0.25, 0.3) is 5.65 Å². The highest BCUT2D eigenvalue weighted by Gasteiger charge is 2.27. The molecule has 1 fully saturated rings. The number of fused-ring (bicyclic) bond motifs is 1. The number of benzene rings is 1. The number of aromatic nitrogens is 2. The van der Waals surface area contributed by atoms with Crippen LogP contribution in [0.4, 0.5) is 0 Å². The maximum absolute atomic E-state index is 12.9. The molecule has 1 aromatic carbocycles.